The van der Waals surface area contributed by atoms with Crippen LogP contribution in [0.3, 0.4) is 0 Å². The predicted molar refractivity (Wildman–Crippen MR) is 134 cm³/mol. The minimum atomic E-state index is -0.197. The summed E-state index contributed by atoms with van der Waals surface area (Å²) in [6.07, 6.45) is 0. The second-order valence-corrected chi connectivity index (χ2v) is 8.69. The fourth-order valence-corrected chi connectivity index (χ4v) is 4.19. The molecular formula is C26H21N5O3S. The largest absolute Gasteiger partial charge is 0.409 e. The van der Waals surface area contributed by atoms with Crippen molar-refractivity contribution < 1.29 is 9.21 Å². The summed E-state index contributed by atoms with van der Waals surface area (Å²) in [5.74, 6) is 0.185. The van der Waals surface area contributed by atoms with Gasteiger partial charge in [-0.2, -0.15) is 5.10 Å². The Hall–Kier alpha value is -4.24. The zero-order chi connectivity index (χ0) is 24.0. The molecule has 35 heavy (non-hydrogen) atoms. The molecule has 0 atom stereocenters. The fraction of sp³-hybridized carbons (Fsp3) is 0.115. The Morgan fingerprint density at radius 3 is 2.26 bits per heavy atom. The highest BCUT2D eigenvalue weighted by Crippen LogP contribution is 2.26. The molecule has 0 aliphatic heterocycles. The summed E-state index contributed by atoms with van der Waals surface area (Å²) in [5.41, 5.74) is 2.20. The molecule has 0 saturated carbocycles. The number of benzene rings is 3. The van der Waals surface area contributed by atoms with Crippen LogP contribution in [0.15, 0.2) is 99.4 Å². The van der Waals surface area contributed by atoms with Crippen LogP contribution < -0.4 is 10.9 Å². The number of nitrogens with zero attached hydrogens (tertiary/aromatic N) is 4. The lowest BCUT2D eigenvalue weighted by Crippen LogP contribution is -2.24. The van der Waals surface area contributed by atoms with Crippen molar-refractivity contribution in [2.45, 2.75) is 18.3 Å². The van der Waals surface area contributed by atoms with Crippen LogP contribution in [0.2, 0.25) is 0 Å². The highest BCUT2D eigenvalue weighted by Gasteiger charge is 2.18. The van der Waals surface area contributed by atoms with Crippen molar-refractivity contribution in [3.8, 4) is 11.6 Å². The first-order chi connectivity index (χ1) is 17.2. The molecule has 0 aliphatic rings. The van der Waals surface area contributed by atoms with E-state index >= 15 is 0 Å². The van der Waals surface area contributed by atoms with Crippen molar-refractivity contribution in [3.05, 3.63) is 106 Å². The normalized spacial score (nSPS) is 11.0. The smallest absolute Gasteiger partial charge is 0.277 e. The minimum Gasteiger partial charge on any atom is -0.409 e. The van der Waals surface area contributed by atoms with E-state index in [9.17, 15) is 9.59 Å². The topological polar surface area (TPSA) is 103 Å². The quantitative estimate of drug-likeness (QED) is 0.334. The molecule has 9 heteroatoms. The van der Waals surface area contributed by atoms with E-state index in [1.807, 2.05) is 72.8 Å². The van der Waals surface area contributed by atoms with E-state index in [1.54, 1.807) is 12.1 Å². The average molecular weight is 484 g/mol. The van der Waals surface area contributed by atoms with Crippen LogP contribution in [0.25, 0.3) is 22.4 Å². The molecule has 8 nitrogen and oxygen atoms in total. The van der Waals surface area contributed by atoms with Gasteiger partial charge in [-0.25, -0.2) is 4.68 Å². The van der Waals surface area contributed by atoms with Crippen LogP contribution in [-0.4, -0.2) is 31.6 Å². The number of nitrogens with one attached hydrogen (secondary N) is 1. The molecule has 2 aromatic heterocycles. The van der Waals surface area contributed by atoms with Crippen LogP contribution in [0.1, 0.15) is 11.1 Å². The number of carbonyl (C=O) groups is 1. The van der Waals surface area contributed by atoms with Crippen molar-refractivity contribution in [3.63, 3.8) is 0 Å². The number of rotatable bonds is 8. The molecule has 0 fully saturated rings. The summed E-state index contributed by atoms with van der Waals surface area (Å²) >= 11 is 1.15. The van der Waals surface area contributed by atoms with E-state index < -0.39 is 0 Å². The van der Waals surface area contributed by atoms with Crippen molar-refractivity contribution in [1.29, 1.82) is 0 Å². The van der Waals surface area contributed by atoms with Crippen LogP contribution in [0.4, 0.5) is 0 Å². The zero-order valence-electron chi connectivity index (χ0n) is 18.6. The number of hydrogen-bond donors (Lipinski definition) is 1. The van der Waals surface area contributed by atoms with E-state index in [0.29, 0.717) is 29.6 Å². The Bertz CT molecular complexity index is 1520. The Balaban J connectivity index is 1.35. The van der Waals surface area contributed by atoms with E-state index in [0.717, 1.165) is 22.9 Å². The van der Waals surface area contributed by atoms with E-state index in [2.05, 4.69) is 20.6 Å². The molecule has 1 amide bonds. The minimum absolute atomic E-state index is 0.135. The van der Waals surface area contributed by atoms with Gasteiger partial charge < -0.3 is 9.73 Å². The summed E-state index contributed by atoms with van der Waals surface area (Å²) in [4.78, 5) is 25.3. The molecule has 0 bridgehead atoms. The Labute approximate surface area is 205 Å². The summed E-state index contributed by atoms with van der Waals surface area (Å²) in [7, 11) is 0. The second kappa shape index (κ2) is 10.4. The number of fused-ring (bicyclic) bond motifs is 1. The number of amides is 1. The summed E-state index contributed by atoms with van der Waals surface area (Å²) in [5, 5.41) is 17.0. The lowest BCUT2D eigenvalue weighted by Gasteiger charge is -2.09. The third-order valence-corrected chi connectivity index (χ3v) is 6.13. The molecule has 174 valence electrons. The first kappa shape index (κ1) is 22.5. The number of carbonyl (C=O) groups excluding carboxylic acids is 1. The summed E-state index contributed by atoms with van der Waals surface area (Å²) < 4.78 is 7.22. The van der Waals surface area contributed by atoms with Crippen LogP contribution in [0, 0.1) is 0 Å². The highest BCUT2D eigenvalue weighted by molar-refractivity contribution is 7.99. The molecule has 2 heterocycles. The van der Waals surface area contributed by atoms with Gasteiger partial charge in [0.1, 0.15) is 0 Å². The van der Waals surface area contributed by atoms with Gasteiger partial charge in [0.2, 0.25) is 5.91 Å². The van der Waals surface area contributed by atoms with Gasteiger partial charge in [0.25, 0.3) is 16.7 Å². The second-order valence-electron chi connectivity index (χ2n) is 7.77. The van der Waals surface area contributed by atoms with E-state index in [1.165, 1.54) is 4.68 Å². The summed E-state index contributed by atoms with van der Waals surface area (Å²) in [6, 6.07) is 26.5. The van der Waals surface area contributed by atoms with Gasteiger partial charge >= 0.3 is 0 Å². The van der Waals surface area contributed by atoms with Gasteiger partial charge in [0, 0.05) is 11.9 Å². The molecule has 0 unspecified atom stereocenters. The maximum absolute atomic E-state index is 13.0. The van der Waals surface area contributed by atoms with Gasteiger partial charge in [-0.3, -0.25) is 9.59 Å². The highest BCUT2D eigenvalue weighted by atomic mass is 32.2. The van der Waals surface area contributed by atoms with Gasteiger partial charge in [0.15, 0.2) is 5.69 Å². The maximum Gasteiger partial charge on any atom is 0.277 e. The number of aromatic nitrogens is 4. The lowest BCUT2D eigenvalue weighted by atomic mass is 10.1. The van der Waals surface area contributed by atoms with E-state index in [4.69, 9.17) is 4.42 Å². The van der Waals surface area contributed by atoms with E-state index in [-0.39, 0.29) is 28.3 Å². The summed E-state index contributed by atoms with van der Waals surface area (Å²) in [6.45, 7) is 0.767. The molecule has 0 saturated heterocycles. The van der Waals surface area contributed by atoms with Crippen molar-refractivity contribution in [2.24, 2.45) is 0 Å². The maximum atomic E-state index is 13.0. The van der Waals surface area contributed by atoms with Gasteiger partial charge in [0.05, 0.1) is 17.7 Å². The van der Waals surface area contributed by atoms with Crippen LogP contribution in [-0.2, 0) is 17.9 Å². The predicted octanol–water partition coefficient (Wildman–Crippen LogP) is 3.90. The Morgan fingerprint density at radius 1 is 0.857 bits per heavy atom. The van der Waals surface area contributed by atoms with Crippen molar-refractivity contribution >= 4 is 28.4 Å². The van der Waals surface area contributed by atoms with Crippen molar-refractivity contribution in [1.82, 2.24) is 25.3 Å². The number of hydrogen-bond acceptors (Lipinski definition) is 7. The van der Waals surface area contributed by atoms with Crippen molar-refractivity contribution in [2.75, 3.05) is 5.75 Å². The average Bonchev–Trinajstić information content (AvgIpc) is 3.38. The molecule has 3 aromatic carbocycles. The van der Waals surface area contributed by atoms with Gasteiger partial charge in [-0.1, -0.05) is 90.6 Å². The third-order valence-electron chi connectivity index (χ3n) is 5.31. The first-order valence-electron chi connectivity index (χ1n) is 11.0. The molecule has 5 aromatic rings. The molecule has 0 spiro atoms. The fourth-order valence-electron chi connectivity index (χ4n) is 3.60. The van der Waals surface area contributed by atoms with Gasteiger partial charge in [-0.05, 0) is 17.2 Å². The molecule has 5 rings (SSSR count). The number of thioether (sulfide) groups is 1. The standard InChI is InChI=1S/C26H21N5O3S/c32-22(27-15-18-9-3-1-4-10-18)17-35-26-29-28-24(34-26)23-20-13-7-8-14-21(20)25(33)31(30-23)16-19-11-5-2-6-12-19/h1-14H,15-17H2,(H,27,32). The lowest BCUT2D eigenvalue weighted by molar-refractivity contribution is -0.118. The Kier molecular flexibility index (Phi) is 6.67. The van der Waals surface area contributed by atoms with Crippen LogP contribution in [0.5, 0.6) is 0 Å². The molecular weight excluding hydrogens is 462 g/mol. The third kappa shape index (κ3) is 5.30. The molecule has 0 aliphatic carbocycles. The first-order valence-corrected chi connectivity index (χ1v) is 12.0. The zero-order valence-corrected chi connectivity index (χ0v) is 19.4. The SMILES string of the molecule is O=C(CSc1nnc(-c2nn(Cc3ccccc3)c(=O)c3ccccc23)o1)NCc1ccccc1. The molecule has 0 radical (unpaired) electrons. The van der Waals surface area contributed by atoms with Gasteiger partial charge in [-0.15, -0.1) is 10.2 Å². The molecule has 1 N–H and O–H groups in total. The Morgan fingerprint density at radius 2 is 1.51 bits per heavy atom. The van der Waals surface area contributed by atoms with Crippen LogP contribution >= 0.6 is 11.8 Å². The monoisotopic (exact) mass is 483 g/mol.